The summed E-state index contributed by atoms with van der Waals surface area (Å²) in [7, 11) is 0. The molecule has 1 heterocycles. The number of urea groups is 1. The molecule has 0 radical (unpaired) electrons. The van der Waals surface area contributed by atoms with Gasteiger partial charge >= 0.3 is 12.0 Å². The second-order valence-electron chi connectivity index (χ2n) is 7.26. The second kappa shape index (κ2) is 9.18. The highest BCUT2D eigenvalue weighted by molar-refractivity contribution is 5.89. The summed E-state index contributed by atoms with van der Waals surface area (Å²) in [6, 6.07) is 10.4. The van der Waals surface area contributed by atoms with Crippen LogP contribution in [0.3, 0.4) is 0 Å². The number of carbonyl (C=O) groups excluding carboxylic acids is 2. The van der Waals surface area contributed by atoms with E-state index in [-0.39, 0.29) is 24.9 Å². The Morgan fingerprint density at radius 2 is 1.72 bits per heavy atom. The van der Waals surface area contributed by atoms with E-state index in [1.165, 1.54) is 0 Å². The summed E-state index contributed by atoms with van der Waals surface area (Å²) >= 11 is 0. The summed E-state index contributed by atoms with van der Waals surface area (Å²) in [4.78, 5) is 39.5. The third-order valence-electron chi connectivity index (χ3n) is 5.14. The van der Waals surface area contributed by atoms with Gasteiger partial charge in [0.05, 0.1) is 5.41 Å². The molecular weight excluding hydrogens is 372 g/mol. The quantitative estimate of drug-likeness (QED) is 0.547. The SMILES string of the molecule is O=C(CC1(C(=O)O)CCC1)NCc1cccc(NC(=O)NCc2ccncc2)c1. The first-order valence-electron chi connectivity index (χ1n) is 9.50. The van der Waals surface area contributed by atoms with Crippen LogP contribution in [-0.2, 0) is 22.7 Å². The molecule has 29 heavy (non-hydrogen) atoms. The number of nitrogens with zero attached hydrogens (tertiary/aromatic N) is 1. The number of carbonyl (C=O) groups is 3. The fourth-order valence-corrected chi connectivity index (χ4v) is 3.26. The fourth-order valence-electron chi connectivity index (χ4n) is 3.26. The molecule has 1 aromatic heterocycles. The minimum absolute atomic E-state index is 0.00230. The van der Waals surface area contributed by atoms with Crippen molar-refractivity contribution in [1.82, 2.24) is 15.6 Å². The van der Waals surface area contributed by atoms with Crippen LogP contribution in [0, 0.1) is 5.41 Å². The van der Waals surface area contributed by atoms with Crippen LogP contribution < -0.4 is 16.0 Å². The average Bonchev–Trinajstić information content (AvgIpc) is 2.68. The zero-order valence-electron chi connectivity index (χ0n) is 16.0. The van der Waals surface area contributed by atoms with E-state index in [1.807, 2.05) is 18.2 Å². The van der Waals surface area contributed by atoms with Crippen LogP contribution in [-0.4, -0.2) is 28.0 Å². The highest BCUT2D eigenvalue weighted by Gasteiger charge is 2.45. The van der Waals surface area contributed by atoms with Gasteiger partial charge in [-0.3, -0.25) is 14.6 Å². The molecule has 1 aliphatic rings. The molecule has 152 valence electrons. The number of amides is 3. The van der Waals surface area contributed by atoms with Crippen molar-refractivity contribution in [2.45, 2.75) is 38.8 Å². The van der Waals surface area contributed by atoms with Crippen molar-refractivity contribution in [2.75, 3.05) is 5.32 Å². The summed E-state index contributed by atoms with van der Waals surface area (Å²) in [5.74, 6) is -1.18. The van der Waals surface area contributed by atoms with Gasteiger partial charge in [0.1, 0.15) is 0 Å². The molecule has 1 aromatic carbocycles. The van der Waals surface area contributed by atoms with Gasteiger partial charge in [0, 0.05) is 37.6 Å². The first-order chi connectivity index (χ1) is 14.0. The molecule has 0 aliphatic heterocycles. The normalized spacial score (nSPS) is 14.3. The Morgan fingerprint density at radius 1 is 1.00 bits per heavy atom. The maximum atomic E-state index is 12.2. The van der Waals surface area contributed by atoms with Crippen molar-refractivity contribution < 1.29 is 19.5 Å². The maximum absolute atomic E-state index is 12.2. The molecule has 0 unspecified atom stereocenters. The molecule has 1 aliphatic carbocycles. The van der Waals surface area contributed by atoms with Crippen molar-refractivity contribution >= 4 is 23.6 Å². The van der Waals surface area contributed by atoms with Crippen molar-refractivity contribution in [3.63, 3.8) is 0 Å². The van der Waals surface area contributed by atoms with Gasteiger partial charge in [-0.15, -0.1) is 0 Å². The van der Waals surface area contributed by atoms with Crippen LogP contribution in [0.2, 0.25) is 0 Å². The highest BCUT2D eigenvalue weighted by atomic mass is 16.4. The molecule has 0 saturated heterocycles. The smallest absolute Gasteiger partial charge is 0.319 e. The van der Waals surface area contributed by atoms with E-state index in [9.17, 15) is 19.5 Å². The molecule has 0 bridgehead atoms. The lowest BCUT2D eigenvalue weighted by Gasteiger charge is -2.36. The van der Waals surface area contributed by atoms with E-state index in [4.69, 9.17) is 0 Å². The van der Waals surface area contributed by atoms with E-state index < -0.39 is 11.4 Å². The number of aliphatic carboxylic acids is 1. The zero-order chi connectivity index (χ0) is 20.7. The number of anilines is 1. The molecule has 3 amide bonds. The van der Waals surface area contributed by atoms with E-state index in [1.54, 1.807) is 30.6 Å². The molecule has 4 N–H and O–H groups in total. The third-order valence-corrected chi connectivity index (χ3v) is 5.14. The Balaban J connectivity index is 1.47. The first kappa shape index (κ1) is 20.3. The molecule has 1 saturated carbocycles. The van der Waals surface area contributed by atoms with Crippen molar-refractivity contribution in [2.24, 2.45) is 5.41 Å². The number of nitrogens with one attached hydrogen (secondary N) is 3. The molecule has 2 aromatic rings. The maximum Gasteiger partial charge on any atom is 0.319 e. The van der Waals surface area contributed by atoms with E-state index in [0.717, 1.165) is 17.5 Å². The number of rotatable bonds is 8. The minimum atomic E-state index is -0.902. The highest BCUT2D eigenvalue weighted by Crippen LogP contribution is 2.44. The molecule has 3 rings (SSSR count). The van der Waals surface area contributed by atoms with Gasteiger partial charge in [-0.1, -0.05) is 18.6 Å². The predicted octanol–water partition coefficient (Wildman–Crippen LogP) is 2.66. The average molecular weight is 396 g/mol. The number of carboxylic acids is 1. The largest absolute Gasteiger partial charge is 0.481 e. The summed E-state index contributed by atoms with van der Waals surface area (Å²) < 4.78 is 0. The van der Waals surface area contributed by atoms with E-state index in [2.05, 4.69) is 20.9 Å². The zero-order valence-corrected chi connectivity index (χ0v) is 16.0. The van der Waals surface area contributed by atoms with Gasteiger partial charge in [-0.2, -0.15) is 0 Å². The first-order valence-corrected chi connectivity index (χ1v) is 9.50. The summed E-state index contributed by atoms with van der Waals surface area (Å²) in [6.45, 7) is 0.651. The summed E-state index contributed by atoms with van der Waals surface area (Å²) in [6.07, 6.45) is 5.26. The Kier molecular flexibility index (Phi) is 6.43. The Morgan fingerprint density at radius 3 is 2.38 bits per heavy atom. The van der Waals surface area contributed by atoms with E-state index >= 15 is 0 Å². The molecule has 0 atom stereocenters. The van der Waals surface area contributed by atoms with Gasteiger partial charge in [-0.05, 0) is 48.2 Å². The summed E-state index contributed by atoms with van der Waals surface area (Å²) in [5.41, 5.74) is 1.45. The van der Waals surface area contributed by atoms with Crippen LogP contribution >= 0.6 is 0 Å². The number of pyridine rings is 1. The monoisotopic (exact) mass is 396 g/mol. The van der Waals surface area contributed by atoms with Gasteiger partial charge in [0.2, 0.25) is 5.91 Å². The number of aromatic nitrogens is 1. The predicted molar refractivity (Wildman–Crippen MR) is 107 cm³/mol. The van der Waals surface area contributed by atoms with Gasteiger partial charge in [0.25, 0.3) is 0 Å². The van der Waals surface area contributed by atoms with Gasteiger partial charge < -0.3 is 21.1 Å². The van der Waals surface area contributed by atoms with Crippen LogP contribution in [0.1, 0.15) is 36.8 Å². The standard InChI is InChI=1S/C21H24N4O4/c26-18(12-21(19(27)28)7-2-8-21)23-14-16-3-1-4-17(11-16)25-20(29)24-13-15-5-9-22-10-6-15/h1,3-6,9-11H,2,7-8,12-14H2,(H,23,26)(H,27,28)(H2,24,25,29). The summed E-state index contributed by atoms with van der Waals surface area (Å²) in [5, 5.41) is 17.6. The van der Waals surface area contributed by atoms with Gasteiger partial charge in [0.15, 0.2) is 0 Å². The van der Waals surface area contributed by atoms with Crippen LogP contribution in [0.4, 0.5) is 10.5 Å². The van der Waals surface area contributed by atoms with Crippen LogP contribution in [0.5, 0.6) is 0 Å². The Hall–Kier alpha value is -3.42. The topological polar surface area (TPSA) is 120 Å². The number of hydrogen-bond acceptors (Lipinski definition) is 4. The lowest BCUT2D eigenvalue weighted by molar-refractivity contribution is -0.157. The fraction of sp³-hybridized carbons (Fsp3) is 0.333. The lowest BCUT2D eigenvalue weighted by Crippen LogP contribution is -2.42. The van der Waals surface area contributed by atoms with Crippen LogP contribution in [0.25, 0.3) is 0 Å². The molecule has 0 spiro atoms. The number of carboxylic acid groups (broad SMARTS) is 1. The van der Waals surface area contributed by atoms with Gasteiger partial charge in [-0.25, -0.2) is 4.79 Å². The Bertz CT molecular complexity index is 881. The van der Waals surface area contributed by atoms with Crippen molar-refractivity contribution in [3.05, 3.63) is 59.9 Å². The lowest BCUT2D eigenvalue weighted by atomic mass is 9.66. The van der Waals surface area contributed by atoms with Crippen LogP contribution in [0.15, 0.2) is 48.8 Å². The van der Waals surface area contributed by atoms with Crippen molar-refractivity contribution in [1.29, 1.82) is 0 Å². The molecular formula is C21H24N4O4. The van der Waals surface area contributed by atoms with E-state index in [0.29, 0.717) is 25.1 Å². The Labute approximate surface area is 168 Å². The third kappa shape index (κ3) is 5.54. The molecule has 8 nitrogen and oxygen atoms in total. The molecule has 8 heteroatoms. The van der Waals surface area contributed by atoms with Crippen molar-refractivity contribution in [3.8, 4) is 0 Å². The number of benzene rings is 1. The minimum Gasteiger partial charge on any atom is -0.481 e. The molecule has 1 fully saturated rings. The number of hydrogen-bond donors (Lipinski definition) is 4. The second-order valence-corrected chi connectivity index (χ2v) is 7.26.